The van der Waals surface area contributed by atoms with Crippen molar-refractivity contribution in [1.29, 1.82) is 0 Å². The molecule has 3 heterocycles. The van der Waals surface area contributed by atoms with Crippen LogP contribution in [0.15, 0.2) is 30.5 Å². The molecule has 0 bridgehead atoms. The molecule has 0 N–H and O–H groups in total. The highest BCUT2D eigenvalue weighted by Gasteiger charge is 2.13. The van der Waals surface area contributed by atoms with Gasteiger partial charge in [0.05, 0.1) is 0 Å². The second kappa shape index (κ2) is 5.61. The van der Waals surface area contributed by atoms with Crippen molar-refractivity contribution >= 4 is 27.3 Å². The Hall–Kier alpha value is -1.67. The molecule has 3 aromatic rings. The third-order valence-electron chi connectivity index (χ3n) is 3.19. The minimum Gasteiger partial charge on any atom is -0.446 e. The molecule has 110 valence electrons. The molecule has 3 rings (SSSR count). The molecular formula is C13H12BrN3O3S. The molecule has 21 heavy (non-hydrogen) atoms. The zero-order chi connectivity index (χ0) is 15.0. The Morgan fingerprint density at radius 3 is 2.81 bits per heavy atom. The normalized spacial score (nSPS) is 11.2. The van der Waals surface area contributed by atoms with E-state index in [1.165, 1.54) is 11.3 Å². The zero-order valence-corrected chi connectivity index (χ0v) is 13.8. The van der Waals surface area contributed by atoms with E-state index in [2.05, 4.69) is 26.1 Å². The standard InChI is InChI=1S/C13H12BrN3O3S/c1-7-8(2)21-13(18)17(7)6-5-11-15-12(16-20-11)9-3-4-10(14)19-9/h3-4H,5-6H2,1-2H3. The predicted octanol–water partition coefficient (Wildman–Crippen LogP) is 3.17. The van der Waals surface area contributed by atoms with Gasteiger partial charge in [-0.3, -0.25) is 4.79 Å². The molecule has 3 aromatic heterocycles. The first-order valence-corrected chi connectivity index (χ1v) is 7.90. The van der Waals surface area contributed by atoms with Gasteiger partial charge in [-0.1, -0.05) is 16.5 Å². The molecule has 0 radical (unpaired) electrons. The molecule has 8 heteroatoms. The van der Waals surface area contributed by atoms with Crippen molar-refractivity contribution in [2.24, 2.45) is 0 Å². The highest BCUT2D eigenvalue weighted by Crippen LogP contribution is 2.22. The fourth-order valence-electron chi connectivity index (χ4n) is 1.94. The molecule has 0 atom stereocenters. The summed E-state index contributed by atoms with van der Waals surface area (Å²) in [5.41, 5.74) is 0.986. The van der Waals surface area contributed by atoms with Crippen molar-refractivity contribution in [3.8, 4) is 11.6 Å². The van der Waals surface area contributed by atoms with Gasteiger partial charge in [-0.05, 0) is 41.9 Å². The van der Waals surface area contributed by atoms with Gasteiger partial charge in [0.2, 0.25) is 11.7 Å². The van der Waals surface area contributed by atoms with Crippen molar-refractivity contribution in [3.63, 3.8) is 0 Å². The fraction of sp³-hybridized carbons (Fsp3) is 0.308. The lowest BCUT2D eigenvalue weighted by molar-refractivity contribution is 0.370. The van der Waals surface area contributed by atoms with Gasteiger partial charge in [-0.15, -0.1) is 0 Å². The van der Waals surface area contributed by atoms with Crippen LogP contribution >= 0.6 is 27.3 Å². The third kappa shape index (κ3) is 2.86. The van der Waals surface area contributed by atoms with Crippen LogP contribution in [0.3, 0.4) is 0 Å². The summed E-state index contributed by atoms with van der Waals surface area (Å²) in [5.74, 6) is 1.42. The summed E-state index contributed by atoms with van der Waals surface area (Å²) >= 11 is 4.48. The van der Waals surface area contributed by atoms with E-state index < -0.39 is 0 Å². The van der Waals surface area contributed by atoms with Gasteiger partial charge in [-0.2, -0.15) is 4.98 Å². The number of hydrogen-bond acceptors (Lipinski definition) is 6. The molecular weight excluding hydrogens is 358 g/mol. The van der Waals surface area contributed by atoms with Crippen molar-refractivity contribution in [2.75, 3.05) is 0 Å². The average molecular weight is 370 g/mol. The summed E-state index contributed by atoms with van der Waals surface area (Å²) in [5, 5.41) is 3.88. The lowest BCUT2D eigenvalue weighted by Crippen LogP contribution is -2.16. The maximum Gasteiger partial charge on any atom is 0.307 e. The summed E-state index contributed by atoms with van der Waals surface area (Å²) in [4.78, 5) is 17.2. The van der Waals surface area contributed by atoms with E-state index in [-0.39, 0.29) is 4.87 Å². The Labute approximate surface area is 132 Å². The number of nitrogens with zero attached hydrogens (tertiary/aromatic N) is 3. The highest BCUT2D eigenvalue weighted by atomic mass is 79.9. The third-order valence-corrected chi connectivity index (χ3v) is 4.61. The van der Waals surface area contributed by atoms with Crippen LogP contribution in [-0.2, 0) is 13.0 Å². The van der Waals surface area contributed by atoms with E-state index in [4.69, 9.17) is 8.94 Å². The number of hydrogen-bond donors (Lipinski definition) is 0. The van der Waals surface area contributed by atoms with Crippen LogP contribution < -0.4 is 4.87 Å². The van der Waals surface area contributed by atoms with Crippen LogP contribution in [0.1, 0.15) is 16.5 Å². The number of aryl methyl sites for hydroxylation is 2. The molecule has 0 aromatic carbocycles. The molecule has 0 unspecified atom stereocenters. The molecule has 0 aliphatic rings. The number of rotatable bonds is 4. The van der Waals surface area contributed by atoms with Gasteiger partial charge in [0.1, 0.15) is 0 Å². The van der Waals surface area contributed by atoms with Crippen molar-refractivity contribution in [1.82, 2.24) is 14.7 Å². The largest absolute Gasteiger partial charge is 0.446 e. The van der Waals surface area contributed by atoms with Gasteiger partial charge >= 0.3 is 4.87 Å². The van der Waals surface area contributed by atoms with E-state index in [9.17, 15) is 4.79 Å². The molecule has 0 saturated carbocycles. The van der Waals surface area contributed by atoms with Crippen LogP contribution in [0, 0.1) is 13.8 Å². The van der Waals surface area contributed by atoms with Crippen LogP contribution in [0.4, 0.5) is 0 Å². The van der Waals surface area contributed by atoms with Crippen molar-refractivity contribution in [2.45, 2.75) is 26.8 Å². The maximum absolute atomic E-state index is 11.8. The van der Waals surface area contributed by atoms with E-state index in [1.54, 1.807) is 16.7 Å². The number of halogens is 1. The van der Waals surface area contributed by atoms with E-state index >= 15 is 0 Å². The van der Waals surface area contributed by atoms with Crippen LogP contribution in [0.25, 0.3) is 11.6 Å². The van der Waals surface area contributed by atoms with Crippen LogP contribution in [0.5, 0.6) is 0 Å². The Bertz CT molecular complexity index is 830. The zero-order valence-electron chi connectivity index (χ0n) is 11.4. The molecule has 0 aliphatic carbocycles. The summed E-state index contributed by atoms with van der Waals surface area (Å²) < 4.78 is 12.9. The van der Waals surface area contributed by atoms with Crippen molar-refractivity contribution in [3.05, 3.63) is 42.9 Å². The topological polar surface area (TPSA) is 74.1 Å². The quantitative estimate of drug-likeness (QED) is 0.705. The van der Waals surface area contributed by atoms with Gasteiger partial charge in [-0.25, -0.2) is 0 Å². The van der Waals surface area contributed by atoms with Gasteiger partial charge in [0, 0.05) is 23.5 Å². The monoisotopic (exact) mass is 369 g/mol. The SMILES string of the molecule is Cc1sc(=O)n(CCc2nc(-c3ccc(Br)o3)no2)c1C. The molecule has 6 nitrogen and oxygen atoms in total. The molecule has 0 fully saturated rings. The summed E-state index contributed by atoms with van der Waals surface area (Å²) in [7, 11) is 0. The lowest BCUT2D eigenvalue weighted by atomic mass is 10.3. The van der Waals surface area contributed by atoms with Gasteiger partial charge in [0.15, 0.2) is 10.4 Å². The lowest BCUT2D eigenvalue weighted by Gasteiger charge is -2.01. The van der Waals surface area contributed by atoms with E-state index in [1.807, 2.05) is 13.8 Å². The Morgan fingerprint density at radius 1 is 1.38 bits per heavy atom. The Kier molecular flexibility index (Phi) is 3.81. The molecule has 0 saturated heterocycles. The fourth-order valence-corrected chi connectivity index (χ4v) is 3.11. The summed E-state index contributed by atoms with van der Waals surface area (Å²) in [6.07, 6.45) is 0.506. The summed E-state index contributed by atoms with van der Waals surface area (Å²) in [6, 6.07) is 3.53. The Balaban J connectivity index is 1.74. The van der Waals surface area contributed by atoms with E-state index in [0.29, 0.717) is 35.1 Å². The molecule has 0 spiro atoms. The first-order chi connectivity index (χ1) is 10.0. The maximum atomic E-state index is 11.8. The minimum absolute atomic E-state index is 0.0414. The smallest absolute Gasteiger partial charge is 0.307 e. The first kappa shape index (κ1) is 14.3. The van der Waals surface area contributed by atoms with Crippen molar-refractivity contribution < 1.29 is 8.94 Å². The number of furan rings is 1. The van der Waals surface area contributed by atoms with Gasteiger partial charge < -0.3 is 13.5 Å². The minimum atomic E-state index is 0.0414. The second-order valence-corrected chi connectivity index (χ2v) is 6.47. The Morgan fingerprint density at radius 2 is 2.19 bits per heavy atom. The van der Waals surface area contributed by atoms with Crippen LogP contribution in [0.2, 0.25) is 0 Å². The van der Waals surface area contributed by atoms with Crippen LogP contribution in [-0.4, -0.2) is 14.7 Å². The predicted molar refractivity (Wildman–Crippen MR) is 81.5 cm³/mol. The second-order valence-electron chi connectivity index (χ2n) is 4.53. The summed E-state index contributed by atoms with van der Waals surface area (Å²) in [6.45, 7) is 4.41. The highest BCUT2D eigenvalue weighted by molar-refractivity contribution is 9.10. The number of thiazole rings is 1. The molecule has 0 aliphatic heterocycles. The first-order valence-electron chi connectivity index (χ1n) is 6.29. The van der Waals surface area contributed by atoms with Gasteiger partial charge in [0.25, 0.3) is 0 Å². The average Bonchev–Trinajstić information content (AvgIpc) is 3.11. The van der Waals surface area contributed by atoms with E-state index in [0.717, 1.165) is 10.6 Å². The number of aromatic nitrogens is 3. The molecule has 0 amide bonds.